The number of nitrogens with zero attached hydrogens (tertiary/aromatic N) is 2. The van der Waals surface area contributed by atoms with Crippen LogP contribution in [0.1, 0.15) is 13.8 Å². The minimum Gasteiger partial charge on any atom is -0.376 e. The monoisotopic (exact) mass is 347 g/mol. The van der Waals surface area contributed by atoms with Gasteiger partial charge in [-0.1, -0.05) is 32.0 Å². The van der Waals surface area contributed by atoms with Crippen LogP contribution >= 0.6 is 24.8 Å². The third-order valence-electron chi connectivity index (χ3n) is 3.57. The number of piperazine rings is 1. The zero-order chi connectivity index (χ0) is 14.4. The average molecular weight is 348 g/mol. The van der Waals surface area contributed by atoms with Crippen LogP contribution in [0.3, 0.4) is 0 Å². The molecule has 2 rings (SSSR count). The van der Waals surface area contributed by atoms with Crippen molar-refractivity contribution in [3.63, 3.8) is 0 Å². The van der Waals surface area contributed by atoms with E-state index in [0.29, 0.717) is 12.5 Å². The van der Waals surface area contributed by atoms with Crippen molar-refractivity contribution in [3.05, 3.63) is 30.3 Å². The zero-order valence-electron chi connectivity index (χ0n) is 13.3. The summed E-state index contributed by atoms with van der Waals surface area (Å²) in [4.78, 5) is 16.6. The summed E-state index contributed by atoms with van der Waals surface area (Å²) in [6, 6.07) is 9.87. The van der Waals surface area contributed by atoms with E-state index in [9.17, 15) is 4.79 Å². The number of anilines is 1. The lowest BCUT2D eigenvalue weighted by Gasteiger charge is -2.35. The second kappa shape index (κ2) is 10.7. The molecule has 1 aromatic rings. The van der Waals surface area contributed by atoms with Gasteiger partial charge < -0.3 is 10.2 Å². The summed E-state index contributed by atoms with van der Waals surface area (Å²) in [6.45, 7) is 9.68. The van der Waals surface area contributed by atoms with Crippen LogP contribution in [-0.4, -0.2) is 55.0 Å². The quantitative estimate of drug-likeness (QED) is 0.889. The van der Waals surface area contributed by atoms with Crippen molar-refractivity contribution >= 4 is 36.4 Å². The molecule has 1 aliphatic rings. The summed E-state index contributed by atoms with van der Waals surface area (Å²) in [5, 5.41) is 3.18. The molecule has 1 N–H and O–H groups in total. The normalized spacial score (nSPS) is 15.0. The molecule has 6 heteroatoms. The Labute approximate surface area is 146 Å². The fraction of sp³-hybridized carbons (Fsp3) is 0.562. The van der Waals surface area contributed by atoms with E-state index >= 15 is 0 Å². The predicted octanol–water partition coefficient (Wildman–Crippen LogP) is 2.74. The molecule has 1 aliphatic heterocycles. The zero-order valence-corrected chi connectivity index (χ0v) is 15.0. The van der Waals surface area contributed by atoms with Gasteiger partial charge in [-0.3, -0.25) is 9.69 Å². The molecule has 126 valence electrons. The Hall–Kier alpha value is -0.970. The highest BCUT2D eigenvalue weighted by molar-refractivity contribution is 5.85. The Morgan fingerprint density at radius 2 is 1.68 bits per heavy atom. The number of carbonyl (C=O) groups is 1. The molecule has 1 saturated heterocycles. The second-order valence-electron chi connectivity index (χ2n) is 5.79. The summed E-state index contributed by atoms with van der Waals surface area (Å²) in [6.07, 6.45) is 0. The molecule has 0 aromatic heterocycles. The van der Waals surface area contributed by atoms with Crippen molar-refractivity contribution < 1.29 is 4.79 Å². The van der Waals surface area contributed by atoms with E-state index in [-0.39, 0.29) is 30.7 Å². The first-order chi connectivity index (χ1) is 9.65. The maximum Gasteiger partial charge on any atom is 0.241 e. The molecule has 1 aromatic carbocycles. The van der Waals surface area contributed by atoms with Crippen LogP contribution in [0.2, 0.25) is 0 Å². The third kappa shape index (κ3) is 6.86. The minimum atomic E-state index is 0. The second-order valence-corrected chi connectivity index (χ2v) is 5.79. The third-order valence-corrected chi connectivity index (χ3v) is 3.57. The number of amides is 1. The molecule has 4 nitrogen and oxygen atoms in total. The molecule has 0 spiro atoms. The van der Waals surface area contributed by atoms with Gasteiger partial charge in [-0.15, -0.1) is 24.8 Å². The standard InChI is InChI=1S/C16H25N3O.2ClH/c1-14(2)13-18-8-10-19(11-9-18)16(20)12-17-15-6-4-3-5-7-15;;/h3-7,14,17H,8-13H2,1-2H3;2*1H. The Balaban J connectivity index is 0.00000220. The highest BCUT2D eigenvalue weighted by atomic mass is 35.5. The maximum absolute atomic E-state index is 12.1. The van der Waals surface area contributed by atoms with Gasteiger partial charge in [0.15, 0.2) is 0 Å². The van der Waals surface area contributed by atoms with Crippen LogP contribution in [0.15, 0.2) is 30.3 Å². The fourth-order valence-corrected chi connectivity index (χ4v) is 2.54. The number of carbonyl (C=O) groups excluding carboxylic acids is 1. The number of para-hydroxylation sites is 1. The van der Waals surface area contributed by atoms with Gasteiger partial charge in [-0.2, -0.15) is 0 Å². The van der Waals surface area contributed by atoms with Crippen LogP contribution < -0.4 is 5.32 Å². The van der Waals surface area contributed by atoms with Crippen LogP contribution in [0, 0.1) is 5.92 Å². The highest BCUT2D eigenvalue weighted by Gasteiger charge is 2.20. The van der Waals surface area contributed by atoms with Gasteiger partial charge in [-0.25, -0.2) is 0 Å². The van der Waals surface area contributed by atoms with Crippen molar-refractivity contribution in [1.29, 1.82) is 0 Å². The molecule has 0 unspecified atom stereocenters. The molecular formula is C16H27Cl2N3O. The van der Waals surface area contributed by atoms with Gasteiger partial charge in [0, 0.05) is 38.4 Å². The van der Waals surface area contributed by atoms with E-state index in [4.69, 9.17) is 0 Å². The molecule has 0 atom stereocenters. The number of hydrogen-bond donors (Lipinski definition) is 1. The van der Waals surface area contributed by atoms with E-state index in [1.54, 1.807) is 0 Å². The first-order valence-electron chi connectivity index (χ1n) is 7.44. The largest absolute Gasteiger partial charge is 0.376 e. The maximum atomic E-state index is 12.1. The number of benzene rings is 1. The molecule has 0 aliphatic carbocycles. The number of nitrogens with one attached hydrogen (secondary N) is 1. The number of rotatable bonds is 5. The van der Waals surface area contributed by atoms with E-state index < -0.39 is 0 Å². The molecule has 1 amide bonds. The summed E-state index contributed by atoms with van der Waals surface area (Å²) >= 11 is 0. The SMILES string of the molecule is CC(C)CN1CCN(C(=O)CNc2ccccc2)CC1.Cl.Cl. The Morgan fingerprint density at radius 1 is 1.09 bits per heavy atom. The van der Waals surface area contributed by atoms with E-state index in [1.807, 2.05) is 35.2 Å². The smallest absolute Gasteiger partial charge is 0.241 e. The fourth-order valence-electron chi connectivity index (χ4n) is 2.54. The van der Waals surface area contributed by atoms with Crippen molar-refractivity contribution in [2.75, 3.05) is 44.6 Å². The van der Waals surface area contributed by atoms with Gasteiger partial charge in [0.05, 0.1) is 6.54 Å². The molecule has 1 heterocycles. The molecule has 0 bridgehead atoms. The van der Waals surface area contributed by atoms with Crippen LogP contribution in [0.5, 0.6) is 0 Å². The minimum absolute atomic E-state index is 0. The summed E-state index contributed by atoms with van der Waals surface area (Å²) < 4.78 is 0. The Morgan fingerprint density at radius 3 is 2.23 bits per heavy atom. The van der Waals surface area contributed by atoms with Gasteiger partial charge >= 0.3 is 0 Å². The van der Waals surface area contributed by atoms with Crippen molar-refractivity contribution in [2.45, 2.75) is 13.8 Å². The predicted molar refractivity (Wildman–Crippen MR) is 97.3 cm³/mol. The highest BCUT2D eigenvalue weighted by Crippen LogP contribution is 2.07. The van der Waals surface area contributed by atoms with E-state index in [2.05, 4.69) is 24.1 Å². The number of hydrogen-bond acceptors (Lipinski definition) is 3. The van der Waals surface area contributed by atoms with E-state index in [1.165, 1.54) is 0 Å². The van der Waals surface area contributed by atoms with Gasteiger partial charge in [0.2, 0.25) is 5.91 Å². The molecular weight excluding hydrogens is 321 g/mol. The molecule has 1 fully saturated rings. The van der Waals surface area contributed by atoms with Gasteiger partial charge in [0.1, 0.15) is 0 Å². The summed E-state index contributed by atoms with van der Waals surface area (Å²) in [5.74, 6) is 0.884. The first kappa shape index (κ1) is 21.0. The van der Waals surface area contributed by atoms with Gasteiger partial charge in [0.25, 0.3) is 0 Å². The van der Waals surface area contributed by atoms with Crippen LogP contribution in [0.4, 0.5) is 5.69 Å². The lowest BCUT2D eigenvalue weighted by molar-refractivity contribution is -0.131. The lowest BCUT2D eigenvalue weighted by Crippen LogP contribution is -2.50. The molecule has 0 saturated carbocycles. The van der Waals surface area contributed by atoms with Gasteiger partial charge in [-0.05, 0) is 18.1 Å². The molecule has 0 radical (unpaired) electrons. The van der Waals surface area contributed by atoms with Crippen LogP contribution in [0.25, 0.3) is 0 Å². The topological polar surface area (TPSA) is 35.6 Å². The Kier molecular flexibility index (Phi) is 10.2. The van der Waals surface area contributed by atoms with E-state index in [0.717, 1.165) is 38.4 Å². The van der Waals surface area contributed by atoms with Crippen molar-refractivity contribution in [1.82, 2.24) is 9.80 Å². The summed E-state index contributed by atoms with van der Waals surface area (Å²) in [5.41, 5.74) is 0.999. The average Bonchev–Trinajstić information content (AvgIpc) is 2.46. The van der Waals surface area contributed by atoms with Crippen molar-refractivity contribution in [2.24, 2.45) is 5.92 Å². The number of halogens is 2. The van der Waals surface area contributed by atoms with Crippen molar-refractivity contribution in [3.8, 4) is 0 Å². The summed E-state index contributed by atoms with van der Waals surface area (Å²) in [7, 11) is 0. The molecule has 22 heavy (non-hydrogen) atoms. The lowest BCUT2D eigenvalue weighted by atomic mass is 10.2. The van der Waals surface area contributed by atoms with Crippen LogP contribution in [-0.2, 0) is 4.79 Å². The first-order valence-corrected chi connectivity index (χ1v) is 7.44. The Bertz CT molecular complexity index is 421.